The van der Waals surface area contributed by atoms with Gasteiger partial charge < -0.3 is 14.7 Å². The largest absolute Gasteiger partial charge is 0.497 e. The molecule has 0 radical (unpaired) electrons. The standard InChI is InChI=1S/C15H21NO3/c1-16(2)10-11-6-12(8-13(7-11)19-3)15(4-5-15)9-14(17)18/h6-8H,4-5,9-10H2,1-3H3,(H,17,18). The van der Waals surface area contributed by atoms with E-state index in [0.717, 1.165) is 36.3 Å². The number of hydrogen-bond donors (Lipinski definition) is 1. The predicted molar refractivity (Wildman–Crippen MR) is 73.5 cm³/mol. The fraction of sp³-hybridized carbons (Fsp3) is 0.533. The van der Waals surface area contributed by atoms with Crippen LogP contribution in [0.2, 0.25) is 0 Å². The molecule has 1 N–H and O–H groups in total. The van der Waals surface area contributed by atoms with Crippen molar-refractivity contribution in [3.8, 4) is 5.75 Å². The third kappa shape index (κ3) is 3.26. The quantitative estimate of drug-likeness (QED) is 0.855. The van der Waals surface area contributed by atoms with Gasteiger partial charge in [-0.3, -0.25) is 4.79 Å². The molecule has 0 heterocycles. The molecule has 1 aromatic rings. The van der Waals surface area contributed by atoms with Crippen LogP contribution in [0.3, 0.4) is 0 Å². The summed E-state index contributed by atoms with van der Waals surface area (Å²) >= 11 is 0. The Labute approximate surface area is 114 Å². The Balaban J connectivity index is 2.31. The molecule has 0 aliphatic heterocycles. The summed E-state index contributed by atoms with van der Waals surface area (Å²) < 4.78 is 5.34. The van der Waals surface area contributed by atoms with E-state index < -0.39 is 5.97 Å². The fourth-order valence-corrected chi connectivity index (χ4v) is 2.55. The number of carbonyl (C=O) groups is 1. The highest BCUT2D eigenvalue weighted by Gasteiger charge is 2.46. The van der Waals surface area contributed by atoms with E-state index in [1.165, 1.54) is 0 Å². The highest BCUT2D eigenvalue weighted by atomic mass is 16.5. The number of carboxylic acids is 1. The van der Waals surface area contributed by atoms with Gasteiger partial charge in [-0.05, 0) is 50.2 Å². The summed E-state index contributed by atoms with van der Waals surface area (Å²) in [5, 5.41) is 9.05. The van der Waals surface area contributed by atoms with E-state index in [-0.39, 0.29) is 11.8 Å². The van der Waals surface area contributed by atoms with Gasteiger partial charge in [-0.15, -0.1) is 0 Å². The first-order valence-corrected chi connectivity index (χ1v) is 6.50. The molecular weight excluding hydrogens is 242 g/mol. The maximum absolute atomic E-state index is 11.0. The van der Waals surface area contributed by atoms with E-state index >= 15 is 0 Å². The molecule has 1 aliphatic carbocycles. The van der Waals surface area contributed by atoms with Crippen LogP contribution < -0.4 is 4.74 Å². The summed E-state index contributed by atoms with van der Waals surface area (Å²) in [4.78, 5) is 13.1. The van der Waals surface area contributed by atoms with Gasteiger partial charge in [0.1, 0.15) is 5.75 Å². The summed E-state index contributed by atoms with van der Waals surface area (Å²) in [5.41, 5.74) is 2.10. The monoisotopic (exact) mass is 263 g/mol. The summed E-state index contributed by atoms with van der Waals surface area (Å²) in [7, 11) is 5.68. The first kappa shape index (κ1) is 13.9. The van der Waals surface area contributed by atoms with Crippen molar-refractivity contribution < 1.29 is 14.6 Å². The molecule has 2 rings (SSSR count). The highest BCUT2D eigenvalue weighted by molar-refractivity contribution is 5.70. The second-order valence-corrected chi connectivity index (χ2v) is 5.66. The van der Waals surface area contributed by atoms with Crippen LogP contribution in [-0.2, 0) is 16.8 Å². The minimum absolute atomic E-state index is 0.165. The van der Waals surface area contributed by atoms with Crippen molar-refractivity contribution in [2.45, 2.75) is 31.2 Å². The molecule has 1 aliphatic rings. The lowest BCUT2D eigenvalue weighted by atomic mass is 9.91. The number of nitrogens with zero attached hydrogens (tertiary/aromatic N) is 1. The van der Waals surface area contributed by atoms with E-state index in [2.05, 4.69) is 11.0 Å². The highest BCUT2D eigenvalue weighted by Crippen LogP contribution is 2.51. The third-order valence-corrected chi connectivity index (χ3v) is 3.66. The van der Waals surface area contributed by atoms with Crippen molar-refractivity contribution in [2.24, 2.45) is 0 Å². The smallest absolute Gasteiger partial charge is 0.304 e. The molecule has 19 heavy (non-hydrogen) atoms. The molecule has 0 saturated heterocycles. The van der Waals surface area contributed by atoms with E-state index in [1.807, 2.05) is 26.2 Å². The van der Waals surface area contributed by atoms with Crippen LogP contribution in [0.4, 0.5) is 0 Å². The molecular formula is C15H21NO3. The van der Waals surface area contributed by atoms with Crippen molar-refractivity contribution in [1.29, 1.82) is 0 Å². The minimum atomic E-state index is -0.727. The molecule has 0 aromatic heterocycles. The number of methoxy groups -OCH3 is 1. The zero-order chi connectivity index (χ0) is 14.0. The summed E-state index contributed by atoms with van der Waals surface area (Å²) in [6.07, 6.45) is 2.11. The average Bonchev–Trinajstić information content (AvgIpc) is 3.07. The number of ether oxygens (including phenoxy) is 1. The third-order valence-electron chi connectivity index (χ3n) is 3.66. The van der Waals surface area contributed by atoms with Crippen LogP contribution in [0.15, 0.2) is 18.2 Å². The van der Waals surface area contributed by atoms with E-state index in [4.69, 9.17) is 9.84 Å². The zero-order valence-corrected chi connectivity index (χ0v) is 11.8. The SMILES string of the molecule is COc1cc(CN(C)C)cc(C2(CC(=O)O)CC2)c1. The number of hydrogen-bond acceptors (Lipinski definition) is 3. The first-order valence-electron chi connectivity index (χ1n) is 6.50. The molecule has 0 bridgehead atoms. The Hall–Kier alpha value is -1.55. The molecule has 0 atom stereocenters. The van der Waals surface area contributed by atoms with Crippen molar-refractivity contribution in [3.63, 3.8) is 0 Å². The summed E-state index contributed by atoms with van der Waals surface area (Å²) in [6.45, 7) is 0.827. The average molecular weight is 263 g/mol. The van der Waals surface area contributed by atoms with Crippen molar-refractivity contribution in [2.75, 3.05) is 21.2 Å². The lowest BCUT2D eigenvalue weighted by Crippen LogP contribution is -2.15. The van der Waals surface area contributed by atoms with Crippen LogP contribution in [-0.4, -0.2) is 37.2 Å². The van der Waals surface area contributed by atoms with Gasteiger partial charge >= 0.3 is 5.97 Å². The van der Waals surface area contributed by atoms with E-state index in [0.29, 0.717) is 0 Å². The summed E-state index contributed by atoms with van der Waals surface area (Å²) in [6, 6.07) is 6.12. The lowest BCUT2D eigenvalue weighted by molar-refractivity contribution is -0.137. The van der Waals surface area contributed by atoms with Gasteiger partial charge in [-0.25, -0.2) is 0 Å². The maximum Gasteiger partial charge on any atom is 0.304 e. The molecule has 1 aromatic carbocycles. The van der Waals surface area contributed by atoms with Gasteiger partial charge in [0.25, 0.3) is 0 Å². The van der Waals surface area contributed by atoms with Crippen molar-refractivity contribution in [3.05, 3.63) is 29.3 Å². The number of carboxylic acid groups (broad SMARTS) is 1. The minimum Gasteiger partial charge on any atom is -0.497 e. The first-order chi connectivity index (χ1) is 8.95. The number of benzene rings is 1. The summed E-state index contributed by atoms with van der Waals surface area (Å²) in [5.74, 6) is 0.0838. The molecule has 0 amide bonds. The van der Waals surface area contributed by atoms with Crippen LogP contribution in [0, 0.1) is 0 Å². The van der Waals surface area contributed by atoms with Gasteiger partial charge in [0, 0.05) is 12.0 Å². The van der Waals surface area contributed by atoms with Crippen molar-refractivity contribution >= 4 is 5.97 Å². The van der Waals surface area contributed by atoms with E-state index in [9.17, 15) is 4.79 Å². The molecule has 104 valence electrons. The Morgan fingerprint density at radius 1 is 1.37 bits per heavy atom. The van der Waals surface area contributed by atoms with Crippen LogP contribution >= 0.6 is 0 Å². The number of aliphatic carboxylic acids is 1. The second-order valence-electron chi connectivity index (χ2n) is 5.66. The number of rotatable bonds is 6. The van der Waals surface area contributed by atoms with Gasteiger partial charge in [0.2, 0.25) is 0 Å². The molecule has 1 saturated carbocycles. The topological polar surface area (TPSA) is 49.8 Å². The molecule has 4 heteroatoms. The van der Waals surface area contributed by atoms with Crippen LogP contribution in [0.1, 0.15) is 30.4 Å². The van der Waals surface area contributed by atoms with Gasteiger partial charge in [-0.1, -0.05) is 6.07 Å². The van der Waals surface area contributed by atoms with Gasteiger partial charge in [0.05, 0.1) is 13.5 Å². The lowest BCUT2D eigenvalue weighted by Gasteiger charge is -2.18. The molecule has 0 unspecified atom stereocenters. The Morgan fingerprint density at radius 3 is 2.53 bits per heavy atom. The maximum atomic E-state index is 11.0. The van der Waals surface area contributed by atoms with Gasteiger partial charge in [-0.2, -0.15) is 0 Å². The fourth-order valence-electron chi connectivity index (χ4n) is 2.55. The Morgan fingerprint density at radius 2 is 2.05 bits per heavy atom. The zero-order valence-electron chi connectivity index (χ0n) is 11.8. The predicted octanol–water partition coefficient (Wildman–Crippen LogP) is 2.26. The normalized spacial score (nSPS) is 16.4. The molecule has 1 fully saturated rings. The molecule has 0 spiro atoms. The Bertz CT molecular complexity index is 478. The Kier molecular flexibility index (Phi) is 3.80. The van der Waals surface area contributed by atoms with Crippen LogP contribution in [0.25, 0.3) is 0 Å². The van der Waals surface area contributed by atoms with Crippen LogP contribution in [0.5, 0.6) is 5.75 Å². The van der Waals surface area contributed by atoms with Crippen molar-refractivity contribution in [1.82, 2.24) is 4.90 Å². The van der Waals surface area contributed by atoms with E-state index in [1.54, 1.807) is 7.11 Å². The van der Waals surface area contributed by atoms with Gasteiger partial charge in [0.15, 0.2) is 0 Å². The molecule has 4 nitrogen and oxygen atoms in total. The second kappa shape index (κ2) is 5.21.